The molecular formula is C12H25ClN2. The number of nitrogens with zero attached hydrogens (tertiary/aromatic N) is 2. The molecule has 0 aromatic heterocycles. The van der Waals surface area contributed by atoms with Crippen molar-refractivity contribution in [2.24, 2.45) is 4.99 Å². The van der Waals surface area contributed by atoms with E-state index in [0.29, 0.717) is 5.29 Å². The second-order valence-electron chi connectivity index (χ2n) is 3.84. The number of amidine groups is 1. The summed E-state index contributed by atoms with van der Waals surface area (Å²) in [4.78, 5) is 6.57. The Morgan fingerprint density at radius 2 is 1.53 bits per heavy atom. The largest absolute Gasteiger partial charge is 0.347 e. The molecule has 0 atom stereocenters. The van der Waals surface area contributed by atoms with E-state index in [1.54, 1.807) is 0 Å². The second kappa shape index (κ2) is 10.3. The molecule has 2 nitrogen and oxygen atoms in total. The Morgan fingerprint density at radius 1 is 1.00 bits per heavy atom. The van der Waals surface area contributed by atoms with Gasteiger partial charge in [0, 0.05) is 19.6 Å². The van der Waals surface area contributed by atoms with Gasteiger partial charge in [-0.15, -0.1) is 0 Å². The minimum atomic E-state index is 0.707. The number of hydrogen-bond acceptors (Lipinski definition) is 1. The zero-order valence-electron chi connectivity index (χ0n) is 10.4. The molecule has 0 aromatic rings. The molecule has 0 aliphatic rings. The van der Waals surface area contributed by atoms with Crippen molar-refractivity contribution in [3.63, 3.8) is 0 Å². The van der Waals surface area contributed by atoms with Crippen LogP contribution in [0.4, 0.5) is 0 Å². The first kappa shape index (κ1) is 14.8. The Kier molecular flexibility index (Phi) is 10.1. The van der Waals surface area contributed by atoms with Crippen molar-refractivity contribution >= 4 is 16.9 Å². The van der Waals surface area contributed by atoms with E-state index in [1.807, 2.05) is 0 Å². The Labute approximate surface area is 99.7 Å². The van der Waals surface area contributed by atoms with Crippen LogP contribution in [0.25, 0.3) is 0 Å². The zero-order chi connectivity index (χ0) is 11.5. The van der Waals surface area contributed by atoms with Gasteiger partial charge in [0.2, 0.25) is 0 Å². The topological polar surface area (TPSA) is 15.6 Å². The molecule has 0 heterocycles. The molecule has 0 aromatic carbocycles. The summed E-state index contributed by atoms with van der Waals surface area (Å²) >= 11 is 6.17. The van der Waals surface area contributed by atoms with Gasteiger partial charge in [0.05, 0.1) is 0 Å². The van der Waals surface area contributed by atoms with Gasteiger partial charge >= 0.3 is 0 Å². The predicted octanol–water partition coefficient (Wildman–Crippen LogP) is 3.89. The first-order valence-electron chi connectivity index (χ1n) is 6.21. The molecule has 90 valence electrons. The van der Waals surface area contributed by atoms with Crippen LogP contribution in [0.2, 0.25) is 0 Å². The highest BCUT2D eigenvalue weighted by Gasteiger charge is 2.06. The third-order valence-corrected chi connectivity index (χ3v) is 2.65. The molecule has 0 saturated heterocycles. The van der Waals surface area contributed by atoms with Crippen molar-refractivity contribution in [1.82, 2.24) is 4.90 Å². The lowest BCUT2D eigenvalue weighted by atomic mass is 10.3. The molecule has 0 bridgehead atoms. The lowest BCUT2D eigenvalue weighted by Crippen LogP contribution is -2.29. The van der Waals surface area contributed by atoms with Crippen molar-refractivity contribution in [3.05, 3.63) is 0 Å². The maximum absolute atomic E-state index is 6.17. The molecule has 0 radical (unpaired) electrons. The van der Waals surface area contributed by atoms with Crippen molar-refractivity contribution in [2.45, 2.75) is 52.9 Å². The number of halogens is 1. The summed E-state index contributed by atoms with van der Waals surface area (Å²) in [6.45, 7) is 9.46. The van der Waals surface area contributed by atoms with Crippen LogP contribution < -0.4 is 0 Å². The lowest BCUT2D eigenvalue weighted by molar-refractivity contribution is 0.403. The van der Waals surface area contributed by atoms with Gasteiger partial charge in [-0.1, -0.05) is 33.6 Å². The number of hydrogen-bond donors (Lipinski definition) is 0. The quantitative estimate of drug-likeness (QED) is 0.352. The lowest BCUT2D eigenvalue weighted by Gasteiger charge is -2.22. The normalized spacial score (nSPS) is 11.9. The van der Waals surface area contributed by atoms with Gasteiger partial charge in [0.15, 0.2) is 5.29 Å². The highest BCUT2D eigenvalue weighted by molar-refractivity contribution is 6.64. The summed E-state index contributed by atoms with van der Waals surface area (Å²) in [7, 11) is 0. The Bertz CT molecular complexity index is 161. The van der Waals surface area contributed by atoms with E-state index in [2.05, 4.69) is 30.7 Å². The van der Waals surface area contributed by atoms with Gasteiger partial charge in [-0.25, -0.2) is 0 Å². The third-order valence-electron chi connectivity index (χ3n) is 2.29. The molecule has 3 heteroatoms. The molecule has 0 N–H and O–H groups in total. The standard InChI is InChI=1S/C12H25ClN2/c1-4-7-10-15(11-8-5-2)12(13)14-9-6-3/h4-11H2,1-3H3. The maximum atomic E-state index is 6.17. The van der Waals surface area contributed by atoms with Crippen LogP contribution in [-0.4, -0.2) is 29.8 Å². The van der Waals surface area contributed by atoms with Gasteiger partial charge in [-0.2, -0.15) is 0 Å². The van der Waals surface area contributed by atoms with E-state index in [9.17, 15) is 0 Å². The van der Waals surface area contributed by atoms with Crippen LogP contribution in [-0.2, 0) is 0 Å². The summed E-state index contributed by atoms with van der Waals surface area (Å²) in [5.41, 5.74) is 0. The summed E-state index contributed by atoms with van der Waals surface area (Å²) < 4.78 is 0. The highest BCUT2D eigenvalue weighted by atomic mass is 35.5. The minimum Gasteiger partial charge on any atom is -0.347 e. The highest BCUT2D eigenvalue weighted by Crippen LogP contribution is 2.04. The van der Waals surface area contributed by atoms with Gasteiger partial charge in [0.1, 0.15) is 0 Å². The molecule has 0 amide bonds. The smallest absolute Gasteiger partial charge is 0.193 e. The van der Waals surface area contributed by atoms with Gasteiger partial charge in [-0.3, -0.25) is 4.99 Å². The zero-order valence-corrected chi connectivity index (χ0v) is 11.2. The molecule has 0 aliphatic heterocycles. The van der Waals surface area contributed by atoms with Crippen LogP contribution in [0, 0.1) is 0 Å². The van der Waals surface area contributed by atoms with E-state index in [1.165, 1.54) is 25.7 Å². The third kappa shape index (κ3) is 7.66. The number of aliphatic imine (C=N–C) groups is 1. The van der Waals surface area contributed by atoms with Gasteiger partial charge in [0.25, 0.3) is 0 Å². The fraction of sp³-hybridized carbons (Fsp3) is 0.917. The monoisotopic (exact) mass is 232 g/mol. The summed E-state index contributed by atoms with van der Waals surface area (Å²) in [6.07, 6.45) is 5.87. The summed E-state index contributed by atoms with van der Waals surface area (Å²) in [5, 5.41) is 0.707. The SMILES string of the molecule is CCCCN(CCCC)C(Cl)=NCCC. The van der Waals surface area contributed by atoms with Crippen LogP contribution in [0.5, 0.6) is 0 Å². The van der Waals surface area contributed by atoms with Crippen LogP contribution in [0.1, 0.15) is 52.9 Å². The molecule has 0 rings (SSSR count). The average Bonchev–Trinajstić information content (AvgIpc) is 2.26. The number of rotatable bonds is 8. The van der Waals surface area contributed by atoms with Crippen LogP contribution in [0.15, 0.2) is 4.99 Å². The van der Waals surface area contributed by atoms with Gasteiger partial charge in [-0.05, 0) is 30.9 Å². The Morgan fingerprint density at radius 3 is 1.93 bits per heavy atom. The first-order chi connectivity index (χ1) is 7.26. The van der Waals surface area contributed by atoms with E-state index in [-0.39, 0.29) is 0 Å². The number of unbranched alkanes of at least 4 members (excludes halogenated alkanes) is 2. The van der Waals surface area contributed by atoms with Gasteiger partial charge < -0.3 is 4.90 Å². The van der Waals surface area contributed by atoms with Crippen LogP contribution >= 0.6 is 11.6 Å². The van der Waals surface area contributed by atoms with Crippen LogP contribution in [0.3, 0.4) is 0 Å². The van der Waals surface area contributed by atoms with Crippen molar-refractivity contribution in [2.75, 3.05) is 19.6 Å². The molecule has 15 heavy (non-hydrogen) atoms. The molecule has 0 unspecified atom stereocenters. The maximum Gasteiger partial charge on any atom is 0.193 e. The molecule has 0 fully saturated rings. The minimum absolute atomic E-state index is 0.707. The van der Waals surface area contributed by atoms with E-state index >= 15 is 0 Å². The Hall–Kier alpha value is -0.240. The van der Waals surface area contributed by atoms with Crippen molar-refractivity contribution in [1.29, 1.82) is 0 Å². The van der Waals surface area contributed by atoms with Crippen molar-refractivity contribution in [3.8, 4) is 0 Å². The Balaban J connectivity index is 4.06. The average molecular weight is 233 g/mol. The molecule has 0 saturated carbocycles. The van der Waals surface area contributed by atoms with Crippen molar-refractivity contribution < 1.29 is 0 Å². The first-order valence-corrected chi connectivity index (χ1v) is 6.58. The fourth-order valence-corrected chi connectivity index (χ4v) is 1.55. The molecule has 0 aliphatic carbocycles. The fourth-order valence-electron chi connectivity index (χ4n) is 1.30. The molecular weight excluding hydrogens is 208 g/mol. The molecule has 0 spiro atoms. The van der Waals surface area contributed by atoms with E-state index in [4.69, 9.17) is 11.6 Å². The summed E-state index contributed by atoms with van der Waals surface area (Å²) in [5.74, 6) is 0. The van der Waals surface area contributed by atoms with E-state index in [0.717, 1.165) is 26.1 Å². The summed E-state index contributed by atoms with van der Waals surface area (Å²) in [6, 6.07) is 0. The predicted molar refractivity (Wildman–Crippen MR) is 69.8 cm³/mol. The van der Waals surface area contributed by atoms with E-state index < -0.39 is 0 Å². The second-order valence-corrected chi connectivity index (χ2v) is 4.18.